The Kier molecular flexibility index (Phi) is 6.86. The van der Waals surface area contributed by atoms with E-state index in [0.717, 1.165) is 22.8 Å². The summed E-state index contributed by atoms with van der Waals surface area (Å²) >= 11 is 1.72. The van der Waals surface area contributed by atoms with Crippen molar-refractivity contribution in [2.45, 2.75) is 45.3 Å². The van der Waals surface area contributed by atoms with E-state index in [1.165, 1.54) is 33.4 Å². The first-order chi connectivity index (χ1) is 12.7. The van der Waals surface area contributed by atoms with E-state index in [1.807, 2.05) is 18.2 Å². The molecule has 2 aromatic carbocycles. The van der Waals surface area contributed by atoms with Gasteiger partial charge in [-0.15, -0.1) is 11.8 Å². The van der Waals surface area contributed by atoms with Crippen molar-refractivity contribution in [1.29, 1.82) is 0 Å². The quantitative estimate of drug-likeness (QED) is 0.538. The molecule has 0 aromatic heterocycles. The predicted molar refractivity (Wildman–Crippen MR) is 112 cm³/mol. The highest BCUT2D eigenvalue weighted by molar-refractivity contribution is 7.98. The summed E-state index contributed by atoms with van der Waals surface area (Å²) in [4.78, 5) is 23.3. The third kappa shape index (κ3) is 5.23. The molecular weight excluding hydrogens is 358 g/mol. The van der Waals surface area contributed by atoms with Crippen molar-refractivity contribution in [3.05, 3.63) is 69.8 Å². The van der Waals surface area contributed by atoms with Gasteiger partial charge in [-0.25, -0.2) is 4.79 Å². The van der Waals surface area contributed by atoms with E-state index in [4.69, 9.17) is 5.11 Å². The van der Waals surface area contributed by atoms with E-state index in [1.54, 1.807) is 17.8 Å². The number of amides is 1. The number of hydrogen-bond acceptors (Lipinski definition) is 3. The van der Waals surface area contributed by atoms with Gasteiger partial charge in [-0.2, -0.15) is 0 Å². The molecular formula is C22H25NO3S. The van der Waals surface area contributed by atoms with Crippen LogP contribution in [0.4, 0.5) is 5.69 Å². The fourth-order valence-corrected chi connectivity index (χ4v) is 4.07. The van der Waals surface area contributed by atoms with E-state index in [-0.39, 0.29) is 0 Å². The first kappa shape index (κ1) is 20.8. The van der Waals surface area contributed by atoms with Crippen LogP contribution in [0.25, 0.3) is 0 Å². The zero-order valence-electron chi connectivity index (χ0n) is 16.3. The Morgan fingerprint density at radius 3 is 2.15 bits per heavy atom. The van der Waals surface area contributed by atoms with Crippen molar-refractivity contribution in [2.75, 3.05) is 5.32 Å². The number of nitrogens with one attached hydrogen (secondary N) is 1. The van der Waals surface area contributed by atoms with E-state index < -0.39 is 11.9 Å². The molecule has 0 spiro atoms. The molecule has 4 nitrogen and oxygen atoms in total. The third-order valence-corrected chi connectivity index (χ3v) is 6.04. The van der Waals surface area contributed by atoms with Crippen LogP contribution < -0.4 is 5.32 Å². The molecule has 0 fully saturated rings. The van der Waals surface area contributed by atoms with Crippen LogP contribution in [0.3, 0.4) is 0 Å². The van der Waals surface area contributed by atoms with Gasteiger partial charge in [0, 0.05) is 28.5 Å². The number of aliphatic carboxylic acids is 1. The molecule has 2 rings (SSSR count). The predicted octanol–water partition coefficient (Wildman–Crippen LogP) is 5.10. The van der Waals surface area contributed by atoms with Crippen molar-refractivity contribution < 1.29 is 14.7 Å². The number of anilines is 1. The lowest BCUT2D eigenvalue weighted by Gasteiger charge is -2.18. The summed E-state index contributed by atoms with van der Waals surface area (Å²) in [5, 5.41) is 11.3. The minimum Gasteiger partial charge on any atom is -0.478 e. The minimum absolute atomic E-state index is 0.462. The lowest BCUT2D eigenvalue weighted by molar-refractivity contribution is -0.131. The molecule has 0 heterocycles. The summed E-state index contributed by atoms with van der Waals surface area (Å²) in [5.74, 6) is -0.754. The standard InChI is InChI=1S/C22H25NO3S/c1-13-14(2)16(4)20(17(5)15(13)3)12-27-19-8-6-7-18(11-19)23-21(24)9-10-22(25)26/h6-11H,12H2,1-5H3,(H,23,24)(H,25,26)/b10-9+. The van der Waals surface area contributed by atoms with Gasteiger partial charge in [0.15, 0.2) is 0 Å². The van der Waals surface area contributed by atoms with Gasteiger partial charge >= 0.3 is 5.97 Å². The van der Waals surface area contributed by atoms with Crippen LogP contribution in [0, 0.1) is 34.6 Å². The molecule has 27 heavy (non-hydrogen) atoms. The van der Waals surface area contributed by atoms with Gasteiger partial charge in [0.25, 0.3) is 0 Å². The SMILES string of the molecule is Cc1c(C)c(C)c(CSc2cccc(NC(=O)/C=C/C(=O)O)c2)c(C)c1C. The second-order valence-corrected chi connectivity index (χ2v) is 7.63. The number of benzene rings is 2. The molecule has 0 atom stereocenters. The average molecular weight is 384 g/mol. The van der Waals surface area contributed by atoms with Crippen molar-refractivity contribution in [2.24, 2.45) is 0 Å². The Balaban J connectivity index is 2.14. The Morgan fingerprint density at radius 2 is 1.56 bits per heavy atom. The van der Waals surface area contributed by atoms with Crippen LogP contribution in [0.5, 0.6) is 0 Å². The van der Waals surface area contributed by atoms with Gasteiger partial charge in [0.2, 0.25) is 5.91 Å². The summed E-state index contributed by atoms with van der Waals surface area (Å²) in [6, 6.07) is 7.57. The Labute approximate surface area is 164 Å². The highest BCUT2D eigenvalue weighted by Gasteiger charge is 2.12. The number of carboxylic acid groups (broad SMARTS) is 1. The molecule has 0 aliphatic carbocycles. The number of rotatable bonds is 6. The Morgan fingerprint density at radius 1 is 0.963 bits per heavy atom. The fourth-order valence-electron chi connectivity index (χ4n) is 2.94. The number of hydrogen-bond donors (Lipinski definition) is 2. The zero-order chi connectivity index (χ0) is 20.1. The number of carboxylic acids is 1. The van der Waals surface area contributed by atoms with Crippen molar-refractivity contribution >= 4 is 29.3 Å². The Hall–Kier alpha value is -2.53. The molecule has 0 aliphatic rings. The molecule has 1 amide bonds. The van der Waals surface area contributed by atoms with Crippen LogP contribution >= 0.6 is 11.8 Å². The third-order valence-electron chi connectivity index (χ3n) is 5.02. The molecule has 0 aliphatic heterocycles. The van der Waals surface area contributed by atoms with E-state index in [9.17, 15) is 9.59 Å². The monoisotopic (exact) mass is 383 g/mol. The topological polar surface area (TPSA) is 66.4 Å². The molecule has 5 heteroatoms. The number of carbonyl (C=O) groups is 2. The number of carbonyl (C=O) groups excluding carboxylic acids is 1. The normalized spacial score (nSPS) is 11.0. The molecule has 142 valence electrons. The van der Waals surface area contributed by atoms with Crippen LogP contribution in [0.2, 0.25) is 0 Å². The zero-order valence-corrected chi connectivity index (χ0v) is 17.2. The van der Waals surface area contributed by atoms with Crippen LogP contribution in [0.15, 0.2) is 41.3 Å². The first-order valence-electron chi connectivity index (χ1n) is 8.71. The largest absolute Gasteiger partial charge is 0.478 e. The number of thioether (sulfide) groups is 1. The summed E-state index contributed by atoms with van der Waals surface area (Å²) in [7, 11) is 0. The van der Waals surface area contributed by atoms with Gasteiger partial charge in [-0.05, 0) is 86.2 Å². The second kappa shape index (κ2) is 8.91. The second-order valence-electron chi connectivity index (χ2n) is 6.58. The molecule has 0 radical (unpaired) electrons. The molecule has 0 bridgehead atoms. The highest BCUT2D eigenvalue weighted by Crippen LogP contribution is 2.32. The minimum atomic E-state index is -1.15. The first-order valence-corrected chi connectivity index (χ1v) is 9.70. The van der Waals surface area contributed by atoms with Gasteiger partial charge < -0.3 is 10.4 Å². The van der Waals surface area contributed by atoms with E-state index in [0.29, 0.717) is 5.69 Å². The van der Waals surface area contributed by atoms with Crippen LogP contribution in [-0.2, 0) is 15.3 Å². The molecule has 2 aromatic rings. The summed E-state index contributed by atoms with van der Waals surface area (Å²) in [6.45, 7) is 10.9. The van der Waals surface area contributed by atoms with Crippen molar-refractivity contribution in [1.82, 2.24) is 0 Å². The maximum atomic E-state index is 11.7. The van der Waals surface area contributed by atoms with Gasteiger partial charge in [0.1, 0.15) is 0 Å². The van der Waals surface area contributed by atoms with Gasteiger partial charge in [-0.3, -0.25) is 4.79 Å². The molecule has 0 unspecified atom stereocenters. The summed E-state index contributed by atoms with van der Waals surface area (Å²) < 4.78 is 0. The lowest BCUT2D eigenvalue weighted by Crippen LogP contribution is -2.08. The van der Waals surface area contributed by atoms with E-state index in [2.05, 4.69) is 39.9 Å². The maximum absolute atomic E-state index is 11.7. The van der Waals surface area contributed by atoms with Crippen molar-refractivity contribution in [3.63, 3.8) is 0 Å². The van der Waals surface area contributed by atoms with Crippen molar-refractivity contribution in [3.8, 4) is 0 Å². The van der Waals surface area contributed by atoms with Gasteiger partial charge in [-0.1, -0.05) is 6.07 Å². The molecule has 0 saturated carbocycles. The highest BCUT2D eigenvalue weighted by atomic mass is 32.2. The van der Waals surface area contributed by atoms with Gasteiger partial charge in [0.05, 0.1) is 0 Å². The summed E-state index contributed by atoms with van der Waals surface area (Å²) in [6.07, 6.45) is 1.83. The smallest absolute Gasteiger partial charge is 0.328 e. The lowest BCUT2D eigenvalue weighted by atomic mass is 9.90. The van der Waals surface area contributed by atoms with Crippen LogP contribution in [0.1, 0.15) is 33.4 Å². The Bertz CT molecular complexity index is 887. The summed E-state index contributed by atoms with van der Waals surface area (Å²) in [5.41, 5.74) is 8.74. The molecule has 0 saturated heterocycles. The maximum Gasteiger partial charge on any atom is 0.328 e. The average Bonchev–Trinajstić information content (AvgIpc) is 2.63. The van der Waals surface area contributed by atoms with E-state index >= 15 is 0 Å². The van der Waals surface area contributed by atoms with Crippen LogP contribution in [-0.4, -0.2) is 17.0 Å². The molecule has 2 N–H and O–H groups in total. The fraction of sp³-hybridized carbons (Fsp3) is 0.273.